The number of aromatic nitrogens is 5. The lowest BCUT2D eigenvalue weighted by atomic mass is 10.1. The molecule has 8 rings (SSSR count). The molecule has 12 heteroatoms. The van der Waals surface area contributed by atoms with Crippen LogP contribution in [-0.2, 0) is 25.9 Å². The first-order valence-electron chi connectivity index (χ1n) is 14.4. The highest BCUT2D eigenvalue weighted by Crippen LogP contribution is 2.30. The van der Waals surface area contributed by atoms with Gasteiger partial charge in [-0.15, -0.1) is 0 Å². The van der Waals surface area contributed by atoms with Crippen LogP contribution in [-0.4, -0.2) is 38.0 Å². The number of pyridine rings is 3. The van der Waals surface area contributed by atoms with Crippen LogP contribution in [0, 0.1) is 17.5 Å². The summed E-state index contributed by atoms with van der Waals surface area (Å²) in [5.41, 5.74) is 4.47. The van der Waals surface area contributed by atoms with Gasteiger partial charge in [-0.3, -0.25) is 15.0 Å². The fourth-order valence-electron chi connectivity index (χ4n) is 5.30. The maximum absolute atomic E-state index is 13.4. The number of benzene rings is 1. The highest BCUT2D eigenvalue weighted by Gasteiger charge is 2.25. The standard InChI is InChI=1S/C17H12F3N3O.C16H14N4O/c18-11-7-10(8-12(19)16(11)20)23-6-4-15-14(9-23)22-17(24-15)13-3-1-2-5-21-13;1-2-8-18-13(5-1)16-19-14-11-20(9-6-15(14)21-16)12-4-3-7-17-10-12/h1-3,5,7-8H,4,6,9H2;1-5,7-8,10H,6,9,11H2. The van der Waals surface area contributed by atoms with Crippen LogP contribution in [0.15, 0.2) is 94.3 Å². The lowest BCUT2D eigenvalue weighted by Gasteiger charge is -2.27. The molecule has 0 atom stereocenters. The third-order valence-electron chi connectivity index (χ3n) is 7.57. The molecule has 226 valence electrons. The number of fused-ring (bicyclic) bond motifs is 2. The molecule has 45 heavy (non-hydrogen) atoms. The minimum atomic E-state index is -1.46. The second-order valence-corrected chi connectivity index (χ2v) is 10.5. The van der Waals surface area contributed by atoms with Crippen LogP contribution in [0.25, 0.3) is 23.2 Å². The zero-order valence-electron chi connectivity index (χ0n) is 23.9. The summed E-state index contributed by atoms with van der Waals surface area (Å²) >= 11 is 0. The third-order valence-corrected chi connectivity index (χ3v) is 7.57. The summed E-state index contributed by atoms with van der Waals surface area (Å²) in [6, 6.07) is 17.2. The van der Waals surface area contributed by atoms with Crippen molar-refractivity contribution < 1.29 is 22.0 Å². The molecule has 0 spiro atoms. The van der Waals surface area contributed by atoms with Crippen LogP contribution < -0.4 is 9.80 Å². The summed E-state index contributed by atoms with van der Waals surface area (Å²) in [7, 11) is 0. The summed E-state index contributed by atoms with van der Waals surface area (Å²) in [5.74, 6) is -1.15. The normalized spacial score (nSPS) is 13.9. The first kappa shape index (κ1) is 28.3. The molecular weight excluding hydrogens is 583 g/mol. The summed E-state index contributed by atoms with van der Waals surface area (Å²) in [6.45, 7) is 2.48. The van der Waals surface area contributed by atoms with Crippen molar-refractivity contribution in [2.75, 3.05) is 22.9 Å². The molecule has 0 N–H and O–H groups in total. The predicted octanol–water partition coefficient (Wildman–Crippen LogP) is 6.41. The number of oxazole rings is 2. The second-order valence-electron chi connectivity index (χ2n) is 10.5. The smallest absolute Gasteiger partial charge is 0.245 e. The number of rotatable bonds is 4. The SMILES string of the molecule is Fc1cc(N2CCc3oc(-c4ccccn4)nc3C2)cc(F)c1F.c1ccc(-c2nc3c(o2)CCN(c2cccnc2)C3)nc1. The Morgan fingerprint density at radius 2 is 1.18 bits per heavy atom. The molecule has 0 amide bonds. The zero-order chi connectivity index (χ0) is 30.8. The van der Waals surface area contributed by atoms with Gasteiger partial charge in [0, 0.05) is 62.3 Å². The minimum absolute atomic E-state index is 0.277. The van der Waals surface area contributed by atoms with Gasteiger partial charge in [0.05, 0.1) is 25.0 Å². The van der Waals surface area contributed by atoms with Crippen LogP contribution in [0.5, 0.6) is 0 Å². The van der Waals surface area contributed by atoms with E-state index < -0.39 is 17.5 Å². The monoisotopic (exact) mass is 609 g/mol. The summed E-state index contributed by atoms with van der Waals surface area (Å²) in [6.07, 6.45) is 8.45. The summed E-state index contributed by atoms with van der Waals surface area (Å²) in [4.78, 5) is 25.7. The molecule has 0 fully saturated rings. The molecule has 5 aromatic heterocycles. The highest BCUT2D eigenvalue weighted by atomic mass is 19.2. The molecule has 0 saturated carbocycles. The van der Waals surface area contributed by atoms with Crippen molar-refractivity contribution in [2.24, 2.45) is 0 Å². The maximum Gasteiger partial charge on any atom is 0.245 e. The lowest BCUT2D eigenvalue weighted by Crippen LogP contribution is -2.30. The van der Waals surface area contributed by atoms with Gasteiger partial charge in [0.2, 0.25) is 11.8 Å². The zero-order valence-corrected chi connectivity index (χ0v) is 23.9. The van der Waals surface area contributed by atoms with Crippen molar-refractivity contribution in [1.82, 2.24) is 24.9 Å². The van der Waals surface area contributed by atoms with Crippen LogP contribution in [0.3, 0.4) is 0 Å². The van der Waals surface area contributed by atoms with E-state index in [0.717, 1.165) is 60.2 Å². The first-order chi connectivity index (χ1) is 22.0. The van der Waals surface area contributed by atoms with E-state index in [0.29, 0.717) is 42.7 Å². The predicted molar refractivity (Wildman–Crippen MR) is 160 cm³/mol. The Labute approximate surface area is 256 Å². The van der Waals surface area contributed by atoms with Gasteiger partial charge in [-0.05, 0) is 36.4 Å². The van der Waals surface area contributed by atoms with E-state index in [1.807, 2.05) is 36.5 Å². The Bertz CT molecular complexity index is 1890. The Morgan fingerprint density at radius 3 is 1.67 bits per heavy atom. The molecule has 1 aromatic carbocycles. The number of hydrogen-bond acceptors (Lipinski definition) is 9. The Kier molecular flexibility index (Phi) is 7.68. The van der Waals surface area contributed by atoms with Crippen LogP contribution in [0.4, 0.5) is 24.5 Å². The topological polar surface area (TPSA) is 97.2 Å². The van der Waals surface area contributed by atoms with Gasteiger partial charge in [-0.25, -0.2) is 23.1 Å². The van der Waals surface area contributed by atoms with Gasteiger partial charge in [0.25, 0.3) is 0 Å². The summed E-state index contributed by atoms with van der Waals surface area (Å²) in [5, 5.41) is 0. The van der Waals surface area contributed by atoms with E-state index in [1.54, 1.807) is 35.6 Å². The molecule has 2 aliphatic heterocycles. The van der Waals surface area contributed by atoms with E-state index >= 15 is 0 Å². The Balaban J connectivity index is 0.000000146. The van der Waals surface area contributed by atoms with Gasteiger partial charge in [-0.1, -0.05) is 12.1 Å². The fraction of sp³-hybridized carbons (Fsp3) is 0.182. The van der Waals surface area contributed by atoms with Crippen molar-refractivity contribution in [3.05, 3.63) is 126 Å². The molecule has 9 nitrogen and oxygen atoms in total. The number of halogens is 3. The maximum atomic E-state index is 13.4. The minimum Gasteiger partial charge on any atom is -0.439 e. The van der Waals surface area contributed by atoms with E-state index in [2.05, 4.69) is 35.9 Å². The van der Waals surface area contributed by atoms with Crippen molar-refractivity contribution in [1.29, 1.82) is 0 Å². The first-order valence-corrected chi connectivity index (χ1v) is 14.4. The molecular formula is C33H26F3N7O2. The van der Waals surface area contributed by atoms with Crippen LogP contribution >= 0.6 is 0 Å². The van der Waals surface area contributed by atoms with Gasteiger partial charge in [0.15, 0.2) is 17.5 Å². The largest absolute Gasteiger partial charge is 0.439 e. The molecule has 0 bridgehead atoms. The Hall–Kier alpha value is -5.52. The van der Waals surface area contributed by atoms with E-state index in [1.165, 1.54) is 0 Å². The second kappa shape index (κ2) is 12.2. The quantitative estimate of drug-likeness (QED) is 0.210. The van der Waals surface area contributed by atoms with Crippen molar-refractivity contribution in [3.8, 4) is 23.2 Å². The Morgan fingerprint density at radius 1 is 0.622 bits per heavy atom. The van der Waals surface area contributed by atoms with E-state index in [9.17, 15) is 13.2 Å². The summed E-state index contributed by atoms with van der Waals surface area (Å²) < 4.78 is 51.6. The van der Waals surface area contributed by atoms with Gasteiger partial charge >= 0.3 is 0 Å². The fourth-order valence-corrected chi connectivity index (χ4v) is 5.30. The van der Waals surface area contributed by atoms with E-state index in [4.69, 9.17) is 8.83 Å². The van der Waals surface area contributed by atoms with Gasteiger partial charge in [-0.2, -0.15) is 0 Å². The molecule has 0 radical (unpaired) electrons. The van der Waals surface area contributed by atoms with Crippen molar-refractivity contribution in [2.45, 2.75) is 25.9 Å². The third kappa shape index (κ3) is 5.99. The van der Waals surface area contributed by atoms with E-state index in [-0.39, 0.29) is 5.69 Å². The molecule has 2 aliphatic rings. The number of anilines is 2. The van der Waals surface area contributed by atoms with Gasteiger partial charge < -0.3 is 18.6 Å². The molecule has 0 unspecified atom stereocenters. The molecule has 7 heterocycles. The van der Waals surface area contributed by atoms with Gasteiger partial charge in [0.1, 0.15) is 34.3 Å². The number of nitrogens with zero attached hydrogens (tertiary/aromatic N) is 7. The van der Waals surface area contributed by atoms with Crippen LogP contribution in [0.2, 0.25) is 0 Å². The van der Waals surface area contributed by atoms with Crippen LogP contribution in [0.1, 0.15) is 22.9 Å². The molecule has 6 aromatic rings. The average Bonchev–Trinajstić information content (AvgIpc) is 3.72. The molecule has 0 aliphatic carbocycles. The number of hydrogen-bond donors (Lipinski definition) is 0. The van der Waals surface area contributed by atoms with Crippen molar-refractivity contribution >= 4 is 11.4 Å². The average molecular weight is 610 g/mol. The molecule has 0 saturated heterocycles. The van der Waals surface area contributed by atoms with Crippen molar-refractivity contribution in [3.63, 3.8) is 0 Å². The highest BCUT2D eigenvalue weighted by molar-refractivity contribution is 5.52. The lowest BCUT2D eigenvalue weighted by molar-refractivity contribution is 0.446.